The van der Waals surface area contributed by atoms with Crippen molar-refractivity contribution in [1.29, 1.82) is 0 Å². The van der Waals surface area contributed by atoms with E-state index in [0.29, 0.717) is 16.3 Å². The van der Waals surface area contributed by atoms with Crippen molar-refractivity contribution >= 4 is 33.2 Å². The highest BCUT2D eigenvalue weighted by Crippen LogP contribution is 2.23. The van der Waals surface area contributed by atoms with Crippen LogP contribution in [0.1, 0.15) is 23.6 Å². The summed E-state index contributed by atoms with van der Waals surface area (Å²) in [6.45, 7) is 7.29. The van der Waals surface area contributed by atoms with Crippen LogP contribution in [0.2, 0.25) is 5.02 Å². The maximum Gasteiger partial charge on any atom is 0.240 e. The van der Waals surface area contributed by atoms with Gasteiger partial charge in [-0.25, -0.2) is 13.1 Å². The van der Waals surface area contributed by atoms with Crippen LogP contribution in [-0.4, -0.2) is 27.4 Å². The molecule has 1 N–H and O–H groups in total. The molecule has 2 aromatic rings. The van der Waals surface area contributed by atoms with E-state index in [1.54, 1.807) is 31.2 Å². The number of hydrogen-bond donors (Lipinski definition) is 1. The number of hydrogen-bond acceptors (Lipinski definition) is 3. The average Bonchev–Trinajstić information content (AvgIpc) is 2.53. The Balaban J connectivity index is 2.12. The fourth-order valence-corrected chi connectivity index (χ4v) is 4.11. The Labute approximate surface area is 160 Å². The van der Waals surface area contributed by atoms with Gasteiger partial charge in [0.1, 0.15) is 0 Å². The molecule has 0 radical (unpaired) electrons. The minimum atomic E-state index is -3.64. The minimum absolute atomic E-state index is 0.0979. The van der Waals surface area contributed by atoms with Crippen molar-refractivity contribution in [2.75, 3.05) is 18.0 Å². The normalized spacial score (nSPS) is 11.4. The Morgan fingerprint density at radius 1 is 1.08 bits per heavy atom. The lowest BCUT2D eigenvalue weighted by Crippen LogP contribution is -2.37. The number of carbonyl (C=O) groups is 1. The fraction of sp³-hybridized carbons (Fsp3) is 0.316. The average molecular weight is 395 g/mol. The molecule has 0 spiro atoms. The Bertz CT molecular complexity index is 926. The Hall–Kier alpha value is -1.89. The van der Waals surface area contributed by atoms with E-state index in [0.717, 1.165) is 11.1 Å². The van der Waals surface area contributed by atoms with Gasteiger partial charge in [0.05, 0.1) is 4.90 Å². The van der Waals surface area contributed by atoms with Crippen molar-refractivity contribution in [3.8, 4) is 0 Å². The van der Waals surface area contributed by atoms with Crippen LogP contribution in [0, 0.1) is 20.8 Å². The van der Waals surface area contributed by atoms with E-state index in [4.69, 9.17) is 11.6 Å². The molecule has 0 saturated heterocycles. The number of nitrogens with one attached hydrogen (secondary N) is 1. The summed E-state index contributed by atoms with van der Waals surface area (Å²) in [5, 5.41) is 0.560. The van der Waals surface area contributed by atoms with Crippen molar-refractivity contribution in [2.24, 2.45) is 0 Å². The first-order valence-corrected chi connectivity index (χ1v) is 10.1. The number of rotatable bonds is 6. The molecule has 0 fully saturated rings. The Morgan fingerprint density at radius 2 is 1.77 bits per heavy atom. The van der Waals surface area contributed by atoms with Crippen LogP contribution in [0.5, 0.6) is 0 Å². The molecule has 0 heterocycles. The number of amides is 1. The van der Waals surface area contributed by atoms with E-state index in [2.05, 4.69) is 4.72 Å². The fourth-order valence-electron chi connectivity index (χ4n) is 2.69. The summed E-state index contributed by atoms with van der Waals surface area (Å²) in [6.07, 6.45) is 0. The van der Waals surface area contributed by atoms with Crippen molar-refractivity contribution in [2.45, 2.75) is 32.6 Å². The molecule has 0 atom stereocenters. The second-order valence-electron chi connectivity index (χ2n) is 6.27. The van der Waals surface area contributed by atoms with Crippen LogP contribution in [0.25, 0.3) is 0 Å². The topological polar surface area (TPSA) is 66.5 Å². The van der Waals surface area contributed by atoms with E-state index in [9.17, 15) is 13.2 Å². The van der Waals surface area contributed by atoms with E-state index in [1.807, 2.05) is 26.0 Å². The molecular weight excluding hydrogens is 372 g/mol. The summed E-state index contributed by atoms with van der Waals surface area (Å²) in [5.74, 6) is -0.185. The molecule has 0 aromatic heterocycles. The van der Waals surface area contributed by atoms with Crippen molar-refractivity contribution in [3.05, 3.63) is 58.1 Å². The molecule has 0 aliphatic rings. The van der Waals surface area contributed by atoms with Gasteiger partial charge >= 0.3 is 0 Å². The SMILES string of the molecule is CC(=O)N(CCNS(=O)(=O)c1ccc(C)cc1C)c1ccc(C)c(Cl)c1. The summed E-state index contributed by atoms with van der Waals surface area (Å²) in [7, 11) is -3.64. The summed E-state index contributed by atoms with van der Waals surface area (Å²) in [6, 6.07) is 10.5. The van der Waals surface area contributed by atoms with Crippen LogP contribution in [0.4, 0.5) is 5.69 Å². The lowest BCUT2D eigenvalue weighted by Gasteiger charge is -2.22. The lowest BCUT2D eigenvalue weighted by atomic mass is 10.2. The number of sulfonamides is 1. The predicted octanol–water partition coefficient (Wildman–Crippen LogP) is 3.60. The van der Waals surface area contributed by atoms with Gasteiger partial charge in [0.2, 0.25) is 15.9 Å². The highest BCUT2D eigenvalue weighted by atomic mass is 35.5. The molecule has 140 valence electrons. The first-order chi connectivity index (χ1) is 12.1. The van der Waals surface area contributed by atoms with Crippen LogP contribution in [-0.2, 0) is 14.8 Å². The van der Waals surface area contributed by atoms with Gasteiger partial charge < -0.3 is 4.90 Å². The monoisotopic (exact) mass is 394 g/mol. The van der Waals surface area contributed by atoms with Crippen molar-refractivity contribution in [3.63, 3.8) is 0 Å². The molecule has 0 aliphatic carbocycles. The lowest BCUT2D eigenvalue weighted by molar-refractivity contribution is -0.116. The second-order valence-corrected chi connectivity index (χ2v) is 8.41. The van der Waals surface area contributed by atoms with Gasteiger partial charge in [0.15, 0.2) is 0 Å². The summed E-state index contributed by atoms with van der Waals surface area (Å²) >= 11 is 6.13. The standard InChI is InChI=1S/C19H23ClN2O3S/c1-13-5-8-19(15(3)11-13)26(24,25)21-9-10-22(16(4)23)17-7-6-14(2)18(20)12-17/h5-8,11-12,21H,9-10H2,1-4H3. The van der Waals surface area contributed by atoms with Gasteiger partial charge in [0.25, 0.3) is 0 Å². The maximum atomic E-state index is 12.5. The third-order valence-electron chi connectivity index (χ3n) is 4.09. The first-order valence-electron chi connectivity index (χ1n) is 8.23. The predicted molar refractivity (Wildman–Crippen MR) is 105 cm³/mol. The number of aryl methyl sites for hydroxylation is 3. The molecule has 0 saturated carbocycles. The highest BCUT2D eigenvalue weighted by molar-refractivity contribution is 7.89. The zero-order chi connectivity index (χ0) is 19.5. The third kappa shape index (κ3) is 4.84. The number of halogens is 1. The molecule has 0 unspecified atom stereocenters. The Morgan fingerprint density at radius 3 is 2.35 bits per heavy atom. The van der Waals surface area contributed by atoms with Gasteiger partial charge in [-0.05, 0) is 50.1 Å². The number of benzene rings is 2. The van der Waals surface area contributed by atoms with E-state index in [1.165, 1.54) is 11.8 Å². The zero-order valence-electron chi connectivity index (χ0n) is 15.3. The van der Waals surface area contributed by atoms with E-state index in [-0.39, 0.29) is 23.9 Å². The summed E-state index contributed by atoms with van der Waals surface area (Å²) < 4.78 is 27.6. The summed E-state index contributed by atoms with van der Waals surface area (Å²) in [4.78, 5) is 13.7. The first kappa shape index (κ1) is 20.4. The molecule has 26 heavy (non-hydrogen) atoms. The van der Waals surface area contributed by atoms with Gasteiger partial charge in [0, 0.05) is 30.7 Å². The van der Waals surface area contributed by atoms with Crippen LogP contribution < -0.4 is 9.62 Å². The minimum Gasteiger partial charge on any atom is -0.311 e. The maximum absolute atomic E-state index is 12.5. The van der Waals surface area contributed by atoms with Crippen LogP contribution in [0.3, 0.4) is 0 Å². The third-order valence-corrected chi connectivity index (χ3v) is 6.12. The molecule has 7 heteroatoms. The highest BCUT2D eigenvalue weighted by Gasteiger charge is 2.18. The number of carbonyl (C=O) groups excluding carboxylic acids is 1. The molecule has 0 bridgehead atoms. The smallest absolute Gasteiger partial charge is 0.240 e. The summed E-state index contributed by atoms with van der Waals surface area (Å²) in [5.41, 5.74) is 3.24. The van der Waals surface area contributed by atoms with Gasteiger partial charge in [-0.2, -0.15) is 0 Å². The quantitative estimate of drug-likeness (QED) is 0.814. The second kappa shape index (κ2) is 8.20. The number of nitrogens with zero attached hydrogens (tertiary/aromatic N) is 1. The van der Waals surface area contributed by atoms with Crippen molar-refractivity contribution in [1.82, 2.24) is 4.72 Å². The molecule has 1 amide bonds. The molecule has 0 aliphatic heterocycles. The van der Waals surface area contributed by atoms with Gasteiger partial charge in [-0.3, -0.25) is 4.79 Å². The van der Waals surface area contributed by atoms with Crippen molar-refractivity contribution < 1.29 is 13.2 Å². The van der Waals surface area contributed by atoms with Gasteiger partial charge in [-0.15, -0.1) is 0 Å². The van der Waals surface area contributed by atoms with E-state index < -0.39 is 10.0 Å². The van der Waals surface area contributed by atoms with Crippen LogP contribution >= 0.6 is 11.6 Å². The number of anilines is 1. The van der Waals surface area contributed by atoms with E-state index >= 15 is 0 Å². The van der Waals surface area contributed by atoms with Gasteiger partial charge in [-0.1, -0.05) is 35.4 Å². The molecule has 5 nitrogen and oxygen atoms in total. The molecule has 2 rings (SSSR count). The zero-order valence-corrected chi connectivity index (χ0v) is 16.9. The van der Waals surface area contributed by atoms with Crippen LogP contribution in [0.15, 0.2) is 41.3 Å². The Kier molecular flexibility index (Phi) is 6.44. The largest absolute Gasteiger partial charge is 0.311 e. The molecular formula is C19H23ClN2O3S. The molecule has 2 aromatic carbocycles.